The molecule has 3 saturated heterocycles. The number of thioether (sulfide) groups is 1. The van der Waals surface area contributed by atoms with E-state index in [9.17, 15) is 0 Å². The maximum Gasteiger partial charge on any atom is 0.193 e. The van der Waals surface area contributed by atoms with Gasteiger partial charge in [-0.05, 0) is 63.2 Å². The van der Waals surface area contributed by atoms with Crippen molar-refractivity contribution in [2.45, 2.75) is 42.5 Å². The average Bonchev–Trinajstić information content (AvgIpc) is 3.47. The van der Waals surface area contributed by atoms with Crippen LogP contribution in [0.2, 0.25) is 0 Å². The monoisotopic (exact) mass is 416 g/mol. The predicted octanol–water partition coefficient (Wildman–Crippen LogP) is 3.32. The summed E-state index contributed by atoms with van der Waals surface area (Å²) in [6, 6.07) is 10.8. The van der Waals surface area contributed by atoms with Gasteiger partial charge in [0, 0.05) is 56.1 Å². The molecule has 0 radical (unpaired) electrons. The second-order valence-corrected chi connectivity index (χ2v) is 9.75. The molecule has 0 bridgehead atoms. The first-order chi connectivity index (χ1) is 14.3. The Morgan fingerprint density at radius 1 is 1.17 bits per heavy atom. The number of ether oxygens (including phenoxy) is 1. The summed E-state index contributed by atoms with van der Waals surface area (Å²) >= 11 is 1.98. The van der Waals surface area contributed by atoms with Gasteiger partial charge in [0.1, 0.15) is 0 Å². The number of hydrogen-bond acceptors (Lipinski definition) is 4. The molecule has 3 fully saturated rings. The van der Waals surface area contributed by atoms with Crippen LogP contribution in [0.1, 0.15) is 32.1 Å². The van der Waals surface area contributed by atoms with E-state index in [0.717, 1.165) is 57.6 Å². The molecule has 1 unspecified atom stereocenters. The Balaban J connectivity index is 1.29. The quantitative estimate of drug-likeness (QED) is 0.438. The Kier molecular flexibility index (Phi) is 7.38. The van der Waals surface area contributed by atoms with Crippen LogP contribution < -0.4 is 5.32 Å². The molecule has 1 aromatic carbocycles. The minimum Gasteiger partial charge on any atom is -0.381 e. The molecular weight excluding hydrogens is 380 g/mol. The van der Waals surface area contributed by atoms with Crippen molar-refractivity contribution in [1.29, 1.82) is 0 Å². The third kappa shape index (κ3) is 5.28. The zero-order chi connectivity index (χ0) is 19.9. The highest BCUT2D eigenvalue weighted by molar-refractivity contribution is 7.99. The number of rotatable bonds is 6. The van der Waals surface area contributed by atoms with E-state index in [1.165, 1.54) is 43.0 Å². The van der Waals surface area contributed by atoms with Crippen molar-refractivity contribution in [3.05, 3.63) is 30.3 Å². The van der Waals surface area contributed by atoms with Crippen LogP contribution in [0.5, 0.6) is 0 Å². The first kappa shape index (κ1) is 21.0. The highest BCUT2D eigenvalue weighted by atomic mass is 32.2. The Morgan fingerprint density at radius 2 is 1.93 bits per heavy atom. The molecule has 0 amide bonds. The van der Waals surface area contributed by atoms with Gasteiger partial charge in [0.05, 0.1) is 0 Å². The molecule has 0 aliphatic carbocycles. The van der Waals surface area contributed by atoms with Crippen molar-refractivity contribution in [2.24, 2.45) is 10.9 Å². The lowest BCUT2D eigenvalue weighted by Gasteiger charge is -2.45. The molecule has 3 heterocycles. The molecule has 4 rings (SSSR count). The summed E-state index contributed by atoms with van der Waals surface area (Å²) in [6.45, 7) is 7.46. The van der Waals surface area contributed by atoms with Crippen molar-refractivity contribution in [2.75, 3.05) is 58.7 Å². The van der Waals surface area contributed by atoms with Gasteiger partial charge in [0.15, 0.2) is 5.96 Å². The molecule has 1 atom stereocenters. The van der Waals surface area contributed by atoms with Crippen LogP contribution in [0.25, 0.3) is 0 Å². The van der Waals surface area contributed by atoms with E-state index in [0.29, 0.717) is 0 Å². The van der Waals surface area contributed by atoms with Crippen molar-refractivity contribution in [3.8, 4) is 0 Å². The van der Waals surface area contributed by atoms with Crippen LogP contribution in [-0.2, 0) is 4.74 Å². The second-order valence-electron chi connectivity index (χ2n) is 8.66. The van der Waals surface area contributed by atoms with E-state index in [1.54, 1.807) is 0 Å². The number of guanidine groups is 1. The molecule has 160 valence electrons. The smallest absolute Gasteiger partial charge is 0.193 e. The number of likely N-dealkylation sites (tertiary alicyclic amines) is 2. The third-order valence-electron chi connectivity index (χ3n) is 6.80. The fourth-order valence-corrected chi connectivity index (χ4v) is 6.07. The molecule has 5 nitrogen and oxygen atoms in total. The summed E-state index contributed by atoms with van der Waals surface area (Å²) in [4.78, 5) is 11.2. The summed E-state index contributed by atoms with van der Waals surface area (Å²) in [6.07, 6.45) is 6.20. The summed E-state index contributed by atoms with van der Waals surface area (Å²) in [5.74, 6) is 3.00. The summed E-state index contributed by atoms with van der Waals surface area (Å²) in [5, 5.41) is 3.77. The third-order valence-corrected chi connectivity index (χ3v) is 8.05. The second kappa shape index (κ2) is 10.2. The average molecular weight is 417 g/mol. The maximum absolute atomic E-state index is 5.70. The Bertz CT molecular complexity index is 656. The van der Waals surface area contributed by atoms with Crippen molar-refractivity contribution >= 4 is 17.7 Å². The van der Waals surface area contributed by atoms with Crippen molar-refractivity contribution < 1.29 is 4.74 Å². The van der Waals surface area contributed by atoms with Crippen LogP contribution in [0.15, 0.2) is 40.2 Å². The number of nitrogens with one attached hydrogen (secondary N) is 1. The zero-order valence-electron chi connectivity index (χ0n) is 17.8. The van der Waals surface area contributed by atoms with E-state index in [2.05, 4.69) is 50.4 Å². The SMILES string of the molecule is CN=C(NCC1(N2CCCC2)CCOCC1)N1CCC(CSc2ccccc2)C1. The number of benzene rings is 1. The summed E-state index contributed by atoms with van der Waals surface area (Å²) in [5.41, 5.74) is 0.243. The van der Waals surface area contributed by atoms with E-state index < -0.39 is 0 Å². The van der Waals surface area contributed by atoms with Crippen molar-refractivity contribution in [1.82, 2.24) is 15.1 Å². The lowest BCUT2D eigenvalue weighted by atomic mass is 9.88. The predicted molar refractivity (Wildman–Crippen MR) is 122 cm³/mol. The van der Waals surface area contributed by atoms with Crippen LogP contribution in [0, 0.1) is 5.92 Å². The van der Waals surface area contributed by atoms with Crippen LogP contribution >= 0.6 is 11.8 Å². The first-order valence-corrected chi connectivity index (χ1v) is 12.2. The van der Waals surface area contributed by atoms with Crippen LogP contribution in [0.4, 0.5) is 0 Å². The molecule has 6 heteroatoms. The topological polar surface area (TPSA) is 40.1 Å². The first-order valence-electron chi connectivity index (χ1n) is 11.3. The summed E-state index contributed by atoms with van der Waals surface area (Å²) < 4.78 is 5.70. The van der Waals surface area contributed by atoms with Gasteiger partial charge in [-0.3, -0.25) is 9.89 Å². The van der Waals surface area contributed by atoms with E-state index in [1.807, 2.05) is 18.8 Å². The fraction of sp³-hybridized carbons (Fsp3) is 0.696. The molecular formula is C23H36N4OS. The van der Waals surface area contributed by atoms with Gasteiger partial charge in [-0.25, -0.2) is 0 Å². The number of aliphatic imine (C=N–C) groups is 1. The Hall–Kier alpha value is -1.24. The minimum atomic E-state index is 0.243. The molecule has 0 aromatic heterocycles. The highest BCUT2D eigenvalue weighted by Gasteiger charge is 2.40. The largest absolute Gasteiger partial charge is 0.381 e. The molecule has 29 heavy (non-hydrogen) atoms. The number of hydrogen-bond donors (Lipinski definition) is 1. The van der Waals surface area contributed by atoms with Crippen LogP contribution in [0.3, 0.4) is 0 Å². The lowest BCUT2D eigenvalue weighted by molar-refractivity contribution is -0.0166. The Labute approximate surface area is 180 Å². The lowest BCUT2D eigenvalue weighted by Crippen LogP contribution is -2.58. The standard InChI is InChI=1S/C23H36N4OS/c1-24-22(25-19-23(10-15-28-16-11-23)27-12-5-6-13-27)26-14-9-20(17-26)18-29-21-7-3-2-4-8-21/h2-4,7-8,20H,5-6,9-19H2,1H3,(H,24,25). The van der Waals surface area contributed by atoms with Gasteiger partial charge in [-0.1, -0.05) is 18.2 Å². The highest BCUT2D eigenvalue weighted by Crippen LogP contribution is 2.31. The van der Waals surface area contributed by atoms with Crippen LogP contribution in [-0.4, -0.2) is 80.0 Å². The van der Waals surface area contributed by atoms with Gasteiger partial charge < -0.3 is 15.0 Å². The van der Waals surface area contributed by atoms with Gasteiger partial charge in [-0.15, -0.1) is 11.8 Å². The number of nitrogens with zero attached hydrogens (tertiary/aromatic N) is 3. The van der Waals surface area contributed by atoms with Gasteiger partial charge >= 0.3 is 0 Å². The molecule has 0 saturated carbocycles. The van der Waals surface area contributed by atoms with E-state index in [-0.39, 0.29) is 5.54 Å². The van der Waals surface area contributed by atoms with Gasteiger partial charge in [0.25, 0.3) is 0 Å². The fourth-order valence-electron chi connectivity index (χ4n) is 5.02. The zero-order valence-corrected chi connectivity index (χ0v) is 18.6. The summed E-state index contributed by atoms with van der Waals surface area (Å²) in [7, 11) is 1.93. The van der Waals surface area contributed by atoms with E-state index in [4.69, 9.17) is 4.74 Å². The van der Waals surface area contributed by atoms with Crippen molar-refractivity contribution in [3.63, 3.8) is 0 Å². The molecule has 1 N–H and O–H groups in total. The molecule has 0 spiro atoms. The van der Waals surface area contributed by atoms with Gasteiger partial charge in [0.2, 0.25) is 0 Å². The maximum atomic E-state index is 5.70. The minimum absolute atomic E-state index is 0.243. The molecule has 3 aliphatic rings. The Morgan fingerprint density at radius 3 is 2.66 bits per heavy atom. The van der Waals surface area contributed by atoms with Gasteiger partial charge in [-0.2, -0.15) is 0 Å². The molecule has 3 aliphatic heterocycles. The van der Waals surface area contributed by atoms with E-state index >= 15 is 0 Å². The molecule has 1 aromatic rings. The normalized spacial score (nSPS) is 25.5.